The highest BCUT2D eigenvalue weighted by Gasteiger charge is 2.45. The van der Waals surface area contributed by atoms with E-state index in [1.165, 1.54) is 0 Å². The van der Waals surface area contributed by atoms with Crippen molar-refractivity contribution in [1.82, 2.24) is 5.32 Å². The standard InChI is InChI=1S/C11H19F2NO2/c1-3-10(5-4-6-10)7-14-9(16)11(12,13)8(2)15/h8,15H,3-7H2,1-2H3,(H,14,16). The van der Waals surface area contributed by atoms with E-state index in [4.69, 9.17) is 5.11 Å². The lowest BCUT2D eigenvalue weighted by atomic mass is 9.67. The molecule has 0 aromatic heterocycles. The highest BCUT2D eigenvalue weighted by Crippen LogP contribution is 2.43. The molecule has 3 nitrogen and oxygen atoms in total. The Morgan fingerprint density at radius 2 is 2.12 bits per heavy atom. The number of halogens is 2. The molecule has 2 N–H and O–H groups in total. The van der Waals surface area contributed by atoms with Crippen molar-refractivity contribution in [2.75, 3.05) is 6.54 Å². The van der Waals surface area contributed by atoms with E-state index in [1.54, 1.807) is 0 Å². The van der Waals surface area contributed by atoms with E-state index in [0.29, 0.717) is 0 Å². The second kappa shape index (κ2) is 4.65. The first-order valence-electron chi connectivity index (χ1n) is 5.68. The molecular weight excluding hydrogens is 216 g/mol. The van der Waals surface area contributed by atoms with Crippen molar-refractivity contribution in [3.05, 3.63) is 0 Å². The zero-order valence-electron chi connectivity index (χ0n) is 9.72. The fraction of sp³-hybridized carbons (Fsp3) is 0.909. The number of aliphatic hydroxyl groups is 1. The Morgan fingerprint density at radius 3 is 2.44 bits per heavy atom. The molecule has 0 aliphatic heterocycles. The molecule has 1 rings (SSSR count). The maximum absolute atomic E-state index is 13.1. The van der Waals surface area contributed by atoms with E-state index >= 15 is 0 Å². The molecule has 1 unspecified atom stereocenters. The first-order valence-corrected chi connectivity index (χ1v) is 5.68. The number of hydrogen-bond acceptors (Lipinski definition) is 2. The lowest BCUT2D eigenvalue weighted by molar-refractivity contribution is -0.161. The van der Waals surface area contributed by atoms with Crippen molar-refractivity contribution in [3.8, 4) is 0 Å². The zero-order valence-corrected chi connectivity index (χ0v) is 9.72. The number of hydrogen-bond donors (Lipinski definition) is 2. The van der Waals surface area contributed by atoms with Crippen LogP contribution in [0.25, 0.3) is 0 Å². The molecule has 0 spiro atoms. The summed E-state index contributed by atoms with van der Waals surface area (Å²) >= 11 is 0. The van der Waals surface area contributed by atoms with E-state index in [-0.39, 0.29) is 12.0 Å². The van der Waals surface area contributed by atoms with E-state index in [1.807, 2.05) is 6.92 Å². The maximum Gasteiger partial charge on any atom is 0.349 e. The van der Waals surface area contributed by atoms with Gasteiger partial charge in [-0.3, -0.25) is 4.79 Å². The number of nitrogens with one attached hydrogen (secondary N) is 1. The summed E-state index contributed by atoms with van der Waals surface area (Å²) in [5, 5.41) is 11.0. The number of rotatable bonds is 5. The summed E-state index contributed by atoms with van der Waals surface area (Å²) in [4.78, 5) is 11.2. The van der Waals surface area contributed by atoms with Crippen molar-refractivity contribution < 1.29 is 18.7 Å². The summed E-state index contributed by atoms with van der Waals surface area (Å²) in [6, 6.07) is 0. The highest BCUT2D eigenvalue weighted by atomic mass is 19.3. The normalized spacial score (nSPS) is 21.1. The molecule has 0 aromatic rings. The summed E-state index contributed by atoms with van der Waals surface area (Å²) in [5.74, 6) is -5.07. The second-order valence-electron chi connectivity index (χ2n) is 4.69. The van der Waals surface area contributed by atoms with Gasteiger partial charge in [-0.15, -0.1) is 0 Å². The average molecular weight is 235 g/mol. The number of carbonyl (C=O) groups is 1. The quantitative estimate of drug-likeness (QED) is 0.762. The fourth-order valence-electron chi connectivity index (χ4n) is 1.91. The first kappa shape index (κ1) is 13.4. The van der Waals surface area contributed by atoms with Crippen LogP contribution in [0.15, 0.2) is 0 Å². The van der Waals surface area contributed by atoms with Gasteiger partial charge in [-0.1, -0.05) is 13.3 Å². The number of aliphatic hydroxyl groups excluding tert-OH is 1. The van der Waals surface area contributed by atoms with E-state index in [2.05, 4.69) is 5.32 Å². The van der Waals surface area contributed by atoms with Gasteiger partial charge < -0.3 is 10.4 Å². The SMILES string of the molecule is CCC1(CNC(=O)C(F)(F)C(C)O)CCC1. The molecule has 1 amide bonds. The molecule has 0 heterocycles. The molecule has 1 aliphatic rings. The summed E-state index contributed by atoms with van der Waals surface area (Å²) in [5.41, 5.74) is 0.00440. The van der Waals surface area contributed by atoms with Gasteiger partial charge in [0.25, 0.3) is 5.91 Å². The van der Waals surface area contributed by atoms with Crippen LogP contribution in [0.3, 0.4) is 0 Å². The molecule has 0 saturated heterocycles. The minimum Gasteiger partial charge on any atom is -0.387 e. The predicted molar refractivity (Wildman–Crippen MR) is 56.2 cm³/mol. The summed E-state index contributed by atoms with van der Waals surface area (Å²) in [6.45, 7) is 3.20. The molecule has 0 radical (unpaired) electrons. The van der Waals surface area contributed by atoms with Crippen LogP contribution < -0.4 is 5.32 Å². The third-order valence-electron chi connectivity index (χ3n) is 3.62. The molecule has 1 atom stereocenters. The van der Waals surface area contributed by atoms with Crippen LogP contribution in [0.2, 0.25) is 0 Å². The van der Waals surface area contributed by atoms with Crippen LogP contribution >= 0.6 is 0 Å². The summed E-state index contributed by atoms with van der Waals surface area (Å²) in [7, 11) is 0. The Balaban J connectivity index is 2.46. The van der Waals surface area contributed by atoms with Crippen LogP contribution in [0.4, 0.5) is 8.78 Å². The predicted octanol–water partition coefficient (Wildman–Crippen LogP) is 1.70. The van der Waals surface area contributed by atoms with E-state index < -0.39 is 17.9 Å². The number of amides is 1. The zero-order chi connectivity index (χ0) is 12.4. The Labute approximate surface area is 94.2 Å². The summed E-state index contributed by atoms with van der Waals surface area (Å²) < 4.78 is 26.2. The van der Waals surface area contributed by atoms with Gasteiger partial charge >= 0.3 is 5.92 Å². The van der Waals surface area contributed by atoms with E-state index in [0.717, 1.165) is 32.6 Å². The average Bonchev–Trinajstić information content (AvgIpc) is 2.16. The number of carbonyl (C=O) groups excluding carboxylic acids is 1. The topological polar surface area (TPSA) is 49.3 Å². The minimum atomic E-state index is -3.70. The molecule has 16 heavy (non-hydrogen) atoms. The third-order valence-corrected chi connectivity index (χ3v) is 3.62. The Hall–Kier alpha value is -0.710. The largest absolute Gasteiger partial charge is 0.387 e. The lowest BCUT2D eigenvalue weighted by Gasteiger charge is -2.41. The fourth-order valence-corrected chi connectivity index (χ4v) is 1.91. The van der Waals surface area contributed by atoms with Gasteiger partial charge in [0.2, 0.25) is 0 Å². The van der Waals surface area contributed by atoms with Gasteiger partial charge in [-0.2, -0.15) is 8.78 Å². The van der Waals surface area contributed by atoms with Gasteiger partial charge in [0.05, 0.1) is 0 Å². The third kappa shape index (κ3) is 2.51. The van der Waals surface area contributed by atoms with Gasteiger partial charge in [-0.25, -0.2) is 0 Å². The van der Waals surface area contributed by atoms with Crippen LogP contribution in [-0.4, -0.2) is 29.6 Å². The Morgan fingerprint density at radius 1 is 1.56 bits per heavy atom. The molecule has 1 saturated carbocycles. The molecule has 5 heteroatoms. The van der Waals surface area contributed by atoms with Crippen LogP contribution in [-0.2, 0) is 4.79 Å². The van der Waals surface area contributed by atoms with Crippen LogP contribution in [0.1, 0.15) is 39.5 Å². The molecule has 1 aliphatic carbocycles. The van der Waals surface area contributed by atoms with Crippen molar-refractivity contribution in [2.45, 2.75) is 51.6 Å². The second-order valence-corrected chi connectivity index (χ2v) is 4.69. The molecular formula is C11H19F2NO2. The van der Waals surface area contributed by atoms with Gasteiger partial charge in [0, 0.05) is 6.54 Å². The molecule has 1 fully saturated rings. The Bertz CT molecular complexity index is 257. The summed E-state index contributed by atoms with van der Waals surface area (Å²) in [6.07, 6.45) is 1.98. The monoisotopic (exact) mass is 235 g/mol. The van der Waals surface area contributed by atoms with Crippen molar-refractivity contribution in [3.63, 3.8) is 0 Å². The van der Waals surface area contributed by atoms with Crippen LogP contribution in [0.5, 0.6) is 0 Å². The first-order chi connectivity index (χ1) is 7.34. The van der Waals surface area contributed by atoms with Crippen LogP contribution in [0, 0.1) is 5.41 Å². The van der Waals surface area contributed by atoms with Crippen molar-refractivity contribution in [2.24, 2.45) is 5.41 Å². The lowest BCUT2D eigenvalue weighted by Crippen LogP contribution is -2.51. The van der Waals surface area contributed by atoms with E-state index in [9.17, 15) is 13.6 Å². The maximum atomic E-state index is 13.1. The number of alkyl halides is 2. The Kier molecular flexibility index (Phi) is 3.88. The smallest absolute Gasteiger partial charge is 0.349 e. The van der Waals surface area contributed by atoms with Gasteiger partial charge in [0.1, 0.15) is 6.10 Å². The van der Waals surface area contributed by atoms with Gasteiger partial charge in [-0.05, 0) is 31.6 Å². The molecule has 0 aromatic carbocycles. The molecule has 94 valence electrons. The van der Waals surface area contributed by atoms with Gasteiger partial charge in [0.15, 0.2) is 0 Å². The van der Waals surface area contributed by atoms with Crippen molar-refractivity contribution in [1.29, 1.82) is 0 Å². The molecule has 0 bridgehead atoms. The highest BCUT2D eigenvalue weighted by molar-refractivity contribution is 5.84. The van der Waals surface area contributed by atoms with Crippen molar-refractivity contribution >= 4 is 5.91 Å². The minimum absolute atomic E-state index is 0.00440.